The summed E-state index contributed by atoms with van der Waals surface area (Å²) in [4.78, 5) is 4.23. The number of nitrogens with zero attached hydrogens (tertiary/aromatic N) is 1. The Balaban J connectivity index is 0. The normalized spacial score (nSPS) is 13.6. The summed E-state index contributed by atoms with van der Waals surface area (Å²) < 4.78 is 27.7. The fourth-order valence-electron chi connectivity index (χ4n) is 1.29. The highest BCUT2D eigenvalue weighted by Gasteiger charge is 2.07. The standard InChI is InChI=1S/C11H25N3O3S.HI/c1-5-12-11(14-10(3)9-17-4)13-7-8-18(15,16)6-2;/h10H,5-9H2,1-4H3,(H2,12,13,14);1H. The SMILES string of the molecule is CCNC(=NCCS(=O)(=O)CC)NC(C)COC.I. The van der Waals surface area contributed by atoms with Gasteiger partial charge in [-0.1, -0.05) is 6.92 Å². The van der Waals surface area contributed by atoms with Crippen molar-refractivity contribution in [2.75, 3.05) is 38.3 Å². The Morgan fingerprint density at radius 2 is 2.00 bits per heavy atom. The number of aliphatic imine (C=N–C) groups is 1. The van der Waals surface area contributed by atoms with Crippen LogP contribution in [-0.2, 0) is 14.6 Å². The lowest BCUT2D eigenvalue weighted by Crippen LogP contribution is -2.44. The van der Waals surface area contributed by atoms with E-state index in [0.29, 0.717) is 12.6 Å². The maximum atomic E-state index is 11.3. The van der Waals surface area contributed by atoms with Gasteiger partial charge in [0.1, 0.15) is 0 Å². The molecule has 2 N–H and O–H groups in total. The molecule has 0 heterocycles. The van der Waals surface area contributed by atoms with Crippen LogP contribution >= 0.6 is 24.0 Å². The van der Waals surface area contributed by atoms with E-state index in [0.717, 1.165) is 6.54 Å². The maximum Gasteiger partial charge on any atom is 0.191 e. The molecule has 0 rings (SSSR count). The second-order valence-electron chi connectivity index (χ2n) is 4.00. The maximum absolute atomic E-state index is 11.3. The van der Waals surface area contributed by atoms with Gasteiger partial charge >= 0.3 is 0 Å². The number of halogens is 1. The fourth-order valence-corrected chi connectivity index (χ4v) is 1.94. The molecule has 1 unspecified atom stereocenters. The summed E-state index contributed by atoms with van der Waals surface area (Å²) in [5.74, 6) is 0.860. The van der Waals surface area contributed by atoms with Crippen molar-refractivity contribution in [1.82, 2.24) is 10.6 Å². The predicted octanol–water partition coefficient (Wildman–Crippen LogP) is 0.629. The molecule has 0 spiro atoms. The summed E-state index contributed by atoms with van der Waals surface area (Å²) in [5, 5.41) is 6.21. The van der Waals surface area contributed by atoms with E-state index in [2.05, 4.69) is 15.6 Å². The second kappa shape index (κ2) is 11.7. The molecule has 19 heavy (non-hydrogen) atoms. The van der Waals surface area contributed by atoms with Gasteiger partial charge in [-0.15, -0.1) is 24.0 Å². The molecule has 0 aromatic carbocycles. The summed E-state index contributed by atoms with van der Waals surface area (Å²) in [5.41, 5.74) is 0. The molecular weight excluding hydrogens is 381 g/mol. The van der Waals surface area contributed by atoms with Crippen molar-refractivity contribution in [3.63, 3.8) is 0 Å². The van der Waals surface area contributed by atoms with E-state index in [1.165, 1.54) is 0 Å². The molecule has 0 saturated carbocycles. The third kappa shape index (κ3) is 11.4. The fraction of sp³-hybridized carbons (Fsp3) is 0.909. The van der Waals surface area contributed by atoms with E-state index in [1.807, 2.05) is 13.8 Å². The molecular formula is C11H26IN3O3S. The highest BCUT2D eigenvalue weighted by Crippen LogP contribution is 1.90. The third-order valence-electron chi connectivity index (χ3n) is 2.26. The van der Waals surface area contributed by atoms with E-state index in [1.54, 1.807) is 14.0 Å². The molecule has 0 radical (unpaired) electrons. The Morgan fingerprint density at radius 1 is 1.37 bits per heavy atom. The zero-order valence-electron chi connectivity index (χ0n) is 12.1. The smallest absolute Gasteiger partial charge is 0.191 e. The van der Waals surface area contributed by atoms with E-state index >= 15 is 0 Å². The van der Waals surface area contributed by atoms with E-state index < -0.39 is 9.84 Å². The van der Waals surface area contributed by atoms with Gasteiger partial charge in [-0.3, -0.25) is 4.99 Å². The van der Waals surface area contributed by atoms with Crippen LogP contribution in [0.3, 0.4) is 0 Å². The summed E-state index contributed by atoms with van der Waals surface area (Å²) in [7, 11) is -1.32. The number of ether oxygens (including phenoxy) is 1. The molecule has 0 aliphatic carbocycles. The molecule has 0 bridgehead atoms. The largest absolute Gasteiger partial charge is 0.383 e. The second-order valence-corrected chi connectivity index (χ2v) is 6.47. The third-order valence-corrected chi connectivity index (χ3v) is 3.94. The number of methoxy groups -OCH3 is 1. The van der Waals surface area contributed by atoms with Crippen LogP contribution in [0.25, 0.3) is 0 Å². The summed E-state index contributed by atoms with van der Waals surface area (Å²) in [6.45, 7) is 7.14. The zero-order valence-corrected chi connectivity index (χ0v) is 15.2. The molecule has 0 saturated heterocycles. The van der Waals surface area contributed by atoms with Gasteiger partial charge in [0.25, 0.3) is 0 Å². The Labute approximate surface area is 133 Å². The molecule has 0 aliphatic rings. The Bertz CT molecular complexity index is 347. The summed E-state index contributed by atoms with van der Waals surface area (Å²) in [6.07, 6.45) is 0. The Morgan fingerprint density at radius 3 is 2.47 bits per heavy atom. The van der Waals surface area contributed by atoms with Crippen LogP contribution < -0.4 is 10.6 Å². The van der Waals surface area contributed by atoms with Crippen LogP contribution in [0.15, 0.2) is 4.99 Å². The van der Waals surface area contributed by atoms with E-state index in [-0.39, 0.29) is 48.1 Å². The topological polar surface area (TPSA) is 79.8 Å². The summed E-state index contributed by atoms with van der Waals surface area (Å²) >= 11 is 0. The van der Waals surface area contributed by atoms with Gasteiger partial charge in [-0.25, -0.2) is 8.42 Å². The van der Waals surface area contributed by atoms with Gasteiger partial charge in [-0.05, 0) is 13.8 Å². The van der Waals surface area contributed by atoms with Gasteiger partial charge in [-0.2, -0.15) is 0 Å². The van der Waals surface area contributed by atoms with Crippen molar-refractivity contribution in [2.45, 2.75) is 26.8 Å². The molecule has 6 nitrogen and oxygen atoms in total. The van der Waals surface area contributed by atoms with Crippen LogP contribution in [-0.4, -0.2) is 58.7 Å². The molecule has 0 aliphatic heterocycles. The van der Waals surface area contributed by atoms with Gasteiger partial charge in [0.05, 0.1) is 18.9 Å². The first-order chi connectivity index (χ1) is 8.45. The van der Waals surface area contributed by atoms with Crippen molar-refractivity contribution in [2.24, 2.45) is 4.99 Å². The minimum absolute atomic E-state index is 0. The molecule has 1 atom stereocenters. The van der Waals surface area contributed by atoms with Crippen LogP contribution in [0.5, 0.6) is 0 Å². The van der Waals surface area contributed by atoms with Crippen LogP contribution in [0, 0.1) is 0 Å². The minimum Gasteiger partial charge on any atom is -0.383 e. The minimum atomic E-state index is -2.96. The average Bonchev–Trinajstić information content (AvgIpc) is 2.29. The first kappa shape index (κ1) is 21.2. The van der Waals surface area contributed by atoms with Crippen LogP contribution in [0.2, 0.25) is 0 Å². The van der Waals surface area contributed by atoms with Crippen molar-refractivity contribution < 1.29 is 13.2 Å². The van der Waals surface area contributed by atoms with Gasteiger partial charge in [0.15, 0.2) is 15.8 Å². The highest BCUT2D eigenvalue weighted by atomic mass is 127. The molecule has 0 amide bonds. The van der Waals surface area contributed by atoms with Crippen LogP contribution in [0.1, 0.15) is 20.8 Å². The average molecular weight is 407 g/mol. The monoisotopic (exact) mass is 407 g/mol. The van der Waals surface area contributed by atoms with E-state index in [4.69, 9.17) is 4.74 Å². The first-order valence-electron chi connectivity index (χ1n) is 6.19. The molecule has 0 aromatic heterocycles. The predicted molar refractivity (Wildman–Crippen MR) is 90.2 cm³/mol. The quantitative estimate of drug-likeness (QED) is 0.351. The van der Waals surface area contributed by atoms with Crippen LogP contribution in [0.4, 0.5) is 0 Å². The van der Waals surface area contributed by atoms with Crippen molar-refractivity contribution >= 4 is 39.8 Å². The Kier molecular flexibility index (Phi) is 13.1. The number of nitrogens with one attached hydrogen (secondary N) is 2. The van der Waals surface area contributed by atoms with Crippen molar-refractivity contribution in [1.29, 1.82) is 0 Å². The Hall–Kier alpha value is -0.0900. The highest BCUT2D eigenvalue weighted by molar-refractivity contribution is 14.0. The molecule has 0 fully saturated rings. The molecule has 0 aromatic rings. The molecule has 8 heteroatoms. The van der Waals surface area contributed by atoms with Gasteiger partial charge in [0, 0.05) is 25.4 Å². The zero-order chi connectivity index (χ0) is 14.0. The molecule has 116 valence electrons. The number of rotatable bonds is 8. The number of guanidine groups is 1. The van der Waals surface area contributed by atoms with Gasteiger partial charge < -0.3 is 15.4 Å². The number of hydrogen-bond acceptors (Lipinski definition) is 4. The number of sulfone groups is 1. The first-order valence-corrected chi connectivity index (χ1v) is 8.01. The van der Waals surface area contributed by atoms with Crippen molar-refractivity contribution in [3.8, 4) is 0 Å². The lowest BCUT2D eigenvalue weighted by molar-refractivity contribution is 0.179. The lowest BCUT2D eigenvalue weighted by atomic mass is 10.4. The van der Waals surface area contributed by atoms with Gasteiger partial charge in [0.2, 0.25) is 0 Å². The summed E-state index contributed by atoms with van der Waals surface area (Å²) in [6, 6.07) is 0.121. The van der Waals surface area contributed by atoms with E-state index in [9.17, 15) is 8.42 Å². The number of hydrogen-bond donors (Lipinski definition) is 2. The lowest BCUT2D eigenvalue weighted by Gasteiger charge is -2.16. The van der Waals surface area contributed by atoms with Crippen molar-refractivity contribution in [3.05, 3.63) is 0 Å².